The van der Waals surface area contributed by atoms with Crippen molar-refractivity contribution in [2.75, 3.05) is 0 Å². The Labute approximate surface area is 149 Å². The van der Waals surface area contributed by atoms with E-state index >= 15 is 0 Å². The molecule has 1 aromatic heterocycles. The van der Waals surface area contributed by atoms with Crippen molar-refractivity contribution in [3.63, 3.8) is 0 Å². The summed E-state index contributed by atoms with van der Waals surface area (Å²) in [6, 6.07) is 14.2. The van der Waals surface area contributed by atoms with Gasteiger partial charge in [-0.15, -0.1) is 0 Å². The summed E-state index contributed by atoms with van der Waals surface area (Å²) in [4.78, 5) is 15.3. The summed E-state index contributed by atoms with van der Waals surface area (Å²) in [7, 11) is 0. The van der Waals surface area contributed by atoms with Gasteiger partial charge in [-0.1, -0.05) is 57.0 Å². The number of amides is 1. The molecule has 1 heterocycles. The number of rotatable bonds is 7. The van der Waals surface area contributed by atoms with Crippen LogP contribution in [0.25, 0.3) is 22.0 Å². The SMILES string of the molecule is CCCC(CCC)c1c[nH]c2c(C(N)=O)cc(-c3ccccc3)cc12. The average molecular weight is 334 g/mol. The molecule has 3 aromatic rings. The molecule has 3 N–H and O–H groups in total. The number of primary amides is 1. The van der Waals surface area contributed by atoms with E-state index in [0.717, 1.165) is 47.7 Å². The fourth-order valence-corrected chi connectivity index (χ4v) is 3.73. The van der Waals surface area contributed by atoms with E-state index in [1.54, 1.807) is 0 Å². The monoisotopic (exact) mass is 334 g/mol. The lowest BCUT2D eigenvalue weighted by Crippen LogP contribution is -2.11. The van der Waals surface area contributed by atoms with Crippen LogP contribution in [-0.2, 0) is 0 Å². The van der Waals surface area contributed by atoms with Crippen LogP contribution in [0.2, 0.25) is 0 Å². The zero-order valence-electron chi connectivity index (χ0n) is 15.0. The van der Waals surface area contributed by atoms with Gasteiger partial charge in [0, 0.05) is 11.6 Å². The van der Waals surface area contributed by atoms with Crippen LogP contribution in [0.4, 0.5) is 0 Å². The summed E-state index contributed by atoms with van der Waals surface area (Å²) in [6.07, 6.45) is 6.68. The average Bonchev–Trinajstić information content (AvgIpc) is 3.05. The van der Waals surface area contributed by atoms with Crippen LogP contribution in [0.1, 0.15) is 61.4 Å². The van der Waals surface area contributed by atoms with E-state index in [-0.39, 0.29) is 0 Å². The van der Waals surface area contributed by atoms with E-state index in [9.17, 15) is 4.79 Å². The van der Waals surface area contributed by atoms with E-state index in [0.29, 0.717) is 11.5 Å². The van der Waals surface area contributed by atoms with Crippen molar-refractivity contribution in [1.82, 2.24) is 4.98 Å². The van der Waals surface area contributed by atoms with Crippen LogP contribution in [0, 0.1) is 0 Å². The molecule has 3 heteroatoms. The zero-order chi connectivity index (χ0) is 17.8. The van der Waals surface area contributed by atoms with E-state index in [2.05, 4.69) is 43.2 Å². The molecular formula is C22H26N2O. The van der Waals surface area contributed by atoms with Crippen molar-refractivity contribution in [2.45, 2.75) is 45.4 Å². The molecule has 0 aliphatic rings. The van der Waals surface area contributed by atoms with Gasteiger partial charge in [-0.3, -0.25) is 4.79 Å². The van der Waals surface area contributed by atoms with E-state index in [1.165, 1.54) is 5.56 Å². The molecule has 0 saturated carbocycles. The normalized spacial score (nSPS) is 11.3. The van der Waals surface area contributed by atoms with Gasteiger partial charge in [-0.2, -0.15) is 0 Å². The van der Waals surface area contributed by atoms with Crippen LogP contribution in [0.15, 0.2) is 48.7 Å². The third kappa shape index (κ3) is 3.46. The molecule has 3 rings (SSSR count). The Hall–Kier alpha value is -2.55. The van der Waals surface area contributed by atoms with Gasteiger partial charge in [0.2, 0.25) is 0 Å². The molecule has 2 aromatic carbocycles. The Kier molecular flexibility index (Phi) is 5.22. The molecule has 0 fully saturated rings. The summed E-state index contributed by atoms with van der Waals surface area (Å²) in [5, 5.41) is 1.13. The Bertz CT molecular complexity index is 858. The Balaban J connectivity index is 2.21. The number of aromatic amines is 1. The number of nitrogens with one attached hydrogen (secondary N) is 1. The predicted molar refractivity (Wildman–Crippen MR) is 105 cm³/mol. The lowest BCUT2D eigenvalue weighted by Gasteiger charge is -2.15. The number of hydrogen-bond acceptors (Lipinski definition) is 1. The second kappa shape index (κ2) is 7.56. The van der Waals surface area contributed by atoms with Crippen LogP contribution in [-0.4, -0.2) is 10.9 Å². The maximum Gasteiger partial charge on any atom is 0.250 e. The van der Waals surface area contributed by atoms with Crippen molar-refractivity contribution in [3.8, 4) is 11.1 Å². The minimum atomic E-state index is -0.390. The number of aromatic nitrogens is 1. The lowest BCUT2D eigenvalue weighted by molar-refractivity contribution is 0.100. The number of H-pyrrole nitrogens is 1. The van der Waals surface area contributed by atoms with Crippen LogP contribution in [0.3, 0.4) is 0 Å². The molecule has 0 unspecified atom stereocenters. The van der Waals surface area contributed by atoms with Gasteiger partial charge in [0.15, 0.2) is 0 Å². The van der Waals surface area contributed by atoms with Gasteiger partial charge >= 0.3 is 0 Å². The number of carbonyl (C=O) groups is 1. The van der Waals surface area contributed by atoms with Crippen molar-refractivity contribution in [1.29, 1.82) is 0 Å². The molecule has 25 heavy (non-hydrogen) atoms. The van der Waals surface area contributed by atoms with Crippen LogP contribution < -0.4 is 5.73 Å². The first-order valence-corrected chi connectivity index (χ1v) is 9.15. The summed E-state index contributed by atoms with van der Waals surface area (Å²) in [5.41, 5.74) is 10.5. The Morgan fingerprint density at radius 1 is 1.04 bits per heavy atom. The Morgan fingerprint density at radius 3 is 2.32 bits per heavy atom. The second-order valence-electron chi connectivity index (χ2n) is 6.69. The lowest BCUT2D eigenvalue weighted by atomic mass is 9.88. The highest BCUT2D eigenvalue weighted by molar-refractivity contribution is 6.07. The van der Waals surface area contributed by atoms with Crippen molar-refractivity contribution in [3.05, 3.63) is 59.8 Å². The van der Waals surface area contributed by atoms with E-state index in [4.69, 9.17) is 5.73 Å². The quantitative estimate of drug-likeness (QED) is 0.579. The molecule has 0 spiro atoms. The first-order valence-electron chi connectivity index (χ1n) is 9.15. The summed E-state index contributed by atoms with van der Waals surface area (Å²) < 4.78 is 0. The molecule has 0 aliphatic carbocycles. The Morgan fingerprint density at radius 2 is 1.72 bits per heavy atom. The molecule has 1 amide bonds. The fourth-order valence-electron chi connectivity index (χ4n) is 3.73. The predicted octanol–water partition coefficient (Wildman–Crippen LogP) is 5.62. The largest absolute Gasteiger partial charge is 0.366 e. The molecular weight excluding hydrogens is 308 g/mol. The molecule has 0 aliphatic heterocycles. The molecule has 0 radical (unpaired) electrons. The third-order valence-corrected chi connectivity index (χ3v) is 4.91. The van der Waals surface area contributed by atoms with Crippen LogP contribution in [0.5, 0.6) is 0 Å². The molecule has 130 valence electrons. The fraction of sp³-hybridized carbons (Fsp3) is 0.318. The molecule has 3 nitrogen and oxygen atoms in total. The summed E-state index contributed by atoms with van der Waals surface area (Å²) in [6.45, 7) is 4.45. The number of fused-ring (bicyclic) bond motifs is 1. The maximum absolute atomic E-state index is 12.0. The highest BCUT2D eigenvalue weighted by Crippen LogP contribution is 2.36. The van der Waals surface area contributed by atoms with Gasteiger partial charge in [-0.05, 0) is 47.6 Å². The maximum atomic E-state index is 12.0. The van der Waals surface area contributed by atoms with Gasteiger partial charge in [-0.25, -0.2) is 0 Å². The highest BCUT2D eigenvalue weighted by atomic mass is 16.1. The molecule has 0 atom stereocenters. The smallest absolute Gasteiger partial charge is 0.250 e. The van der Waals surface area contributed by atoms with E-state index < -0.39 is 5.91 Å². The zero-order valence-corrected chi connectivity index (χ0v) is 15.0. The number of benzene rings is 2. The van der Waals surface area contributed by atoms with Gasteiger partial charge in [0.1, 0.15) is 0 Å². The van der Waals surface area contributed by atoms with Crippen molar-refractivity contribution in [2.24, 2.45) is 5.73 Å². The number of carbonyl (C=O) groups excluding carboxylic acids is 1. The minimum absolute atomic E-state index is 0.390. The molecule has 0 saturated heterocycles. The third-order valence-electron chi connectivity index (χ3n) is 4.91. The first kappa shape index (κ1) is 17.3. The van der Waals surface area contributed by atoms with E-state index in [1.807, 2.05) is 24.3 Å². The number of hydrogen-bond donors (Lipinski definition) is 2. The number of nitrogens with two attached hydrogens (primary N) is 1. The topological polar surface area (TPSA) is 58.9 Å². The second-order valence-corrected chi connectivity index (χ2v) is 6.69. The first-order chi connectivity index (χ1) is 12.2. The standard InChI is InChI=1S/C22H26N2O/c1-3-8-16(9-4-2)20-14-24-21-18(20)12-17(13-19(21)22(23)25)15-10-6-5-7-11-15/h5-7,10-14,16,24H,3-4,8-9H2,1-2H3,(H2,23,25). The van der Waals surface area contributed by atoms with Gasteiger partial charge in [0.05, 0.1) is 11.1 Å². The van der Waals surface area contributed by atoms with Crippen molar-refractivity contribution >= 4 is 16.8 Å². The highest BCUT2D eigenvalue weighted by Gasteiger charge is 2.19. The van der Waals surface area contributed by atoms with Gasteiger partial charge < -0.3 is 10.7 Å². The molecule has 0 bridgehead atoms. The summed E-state index contributed by atoms with van der Waals surface area (Å²) >= 11 is 0. The van der Waals surface area contributed by atoms with Crippen molar-refractivity contribution < 1.29 is 4.79 Å². The van der Waals surface area contributed by atoms with Crippen LogP contribution >= 0.6 is 0 Å². The minimum Gasteiger partial charge on any atom is -0.366 e. The van der Waals surface area contributed by atoms with Gasteiger partial charge in [0.25, 0.3) is 5.91 Å². The summed E-state index contributed by atoms with van der Waals surface area (Å²) in [5.74, 6) is 0.120.